The number of imidazole rings is 1. The second-order valence-corrected chi connectivity index (χ2v) is 4.62. The van der Waals surface area contributed by atoms with Crippen LogP contribution in [0.4, 0.5) is 0 Å². The second-order valence-electron chi connectivity index (χ2n) is 4.62. The summed E-state index contributed by atoms with van der Waals surface area (Å²) in [6.45, 7) is 6.34. The van der Waals surface area contributed by atoms with Crippen LogP contribution in [-0.4, -0.2) is 24.3 Å². The summed E-state index contributed by atoms with van der Waals surface area (Å²) in [6.07, 6.45) is 5.44. The molecule has 0 atom stereocenters. The van der Waals surface area contributed by atoms with Crippen molar-refractivity contribution in [1.82, 2.24) is 24.3 Å². The van der Waals surface area contributed by atoms with Crippen molar-refractivity contribution in [3.8, 4) is 11.5 Å². The lowest BCUT2D eigenvalue weighted by atomic mass is 10.1. The highest BCUT2D eigenvalue weighted by Crippen LogP contribution is 2.21. The van der Waals surface area contributed by atoms with Crippen molar-refractivity contribution in [1.29, 1.82) is 0 Å². The zero-order valence-corrected chi connectivity index (χ0v) is 9.47. The molecule has 0 saturated carbocycles. The van der Waals surface area contributed by atoms with Crippen LogP contribution in [0.5, 0.6) is 0 Å². The number of hydrogen-bond donors (Lipinski definition) is 0. The van der Waals surface area contributed by atoms with E-state index in [9.17, 15) is 0 Å². The Kier molecular flexibility index (Phi) is 2.10. The van der Waals surface area contributed by atoms with Crippen molar-refractivity contribution in [2.45, 2.75) is 26.3 Å². The van der Waals surface area contributed by atoms with Gasteiger partial charge in [-0.2, -0.15) is 0 Å². The highest BCUT2D eigenvalue weighted by molar-refractivity contribution is 5.47. The van der Waals surface area contributed by atoms with Crippen LogP contribution >= 0.6 is 0 Å². The number of aryl methyl sites for hydroxylation is 1. The fraction of sp³-hybridized carbons (Fsp3) is 0.500. The maximum Gasteiger partial charge on any atom is 0.184 e. The van der Waals surface area contributed by atoms with Crippen molar-refractivity contribution in [2.75, 3.05) is 0 Å². The largest absolute Gasteiger partial charge is 0.340 e. The number of nitrogens with zero attached hydrogens (tertiary/aromatic N) is 5. The fourth-order valence-corrected chi connectivity index (χ4v) is 1.43. The smallest absolute Gasteiger partial charge is 0.184 e. The quantitative estimate of drug-likeness (QED) is 0.707. The zero-order chi connectivity index (χ0) is 11.1. The molecule has 5 heteroatoms. The van der Waals surface area contributed by atoms with E-state index in [1.165, 1.54) is 0 Å². The van der Waals surface area contributed by atoms with Crippen LogP contribution in [0.1, 0.15) is 20.8 Å². The lowest BCUT2D eigenvalue weighted by molar-refractivity contribution is 0.399. The third-order valence-corrected chi connectivity index (χ3v) is 2.20. The van der Waals surface area contributed by atoms with Crippen molar-refractivity contribution in [3.05, 3.63) is 18.9 Å². The van der Waals surface area contributed by atoms with Crippen LogP contribution in [0, 0.1) is 0 Å². The molecule has 2 heterocycles. The van der Waals surface area contributed by atoms with E-state index >= 15 is 0 Å². The van der Waals surface area contributed by atoms with Crippen LogP contribution in [0.2, 0.25) is 0 Å². The van der Waals surface area contributed by atoms with Gasteiger partial charge >= 0.3 is 0 Å². The third kappa shape index (κ3) is 1.77. The molecule has 0 fully saturated rings. The molecule has 2 aromatic heterocycles. The first-order valence-electron chi connectivity index (χ1n) is 4.87. The lowest BCUT2D eigenvalue weighted by Gasteiger charge is -2.21. The predicted octanol–water partition coefficient (Wildman–Crippen LogP) is 1.43. The van der Waals surface area contributed by atoms with Gasteiger partial charge in [0.05, 0.1) is 6.33 Å². The molecule has 0 aliphatic heterocycles. The van der Waals surface area contributed by atoms with E-state index in [0.717, 1.165) is 11.5 Å². The van der Waals surface area contributed by atoms with Gasteiger partial charge in [-0.25, -0.2) is 4.98 Å². The summed E-state index contributed by atoms with van der Waals surface area (Å²) < 4.78 is 3.92. The molecule has 5 nitrogen and oxygen atoms in total. The Morgan fingerprint density at radius 2 is 1.93 bits per heavy atom. The molecule has 0 amide bonds. The minimum absolute atomic E-state index is 0.0314. The standard InChI is InChI=1S/C10H15N5/c1-10(2,3)15-7-12-13-9(15)8-5-14(4)6-11-8/h5-7H,1-4H3. The number of aromatic nitrogens is 5. The van der Waals surface area contributed by atoms with Gasteiger partial charge in [-0.05, 0) is 20.8 Å². The van der Waals surface area contributed by atoms with E-state index in [4.69, 9.17) is 0 Å². The molecule has 0 bridgehead atoms. The molecule has 0 spiro atoms. The highest BCUT2D eigenvalue weighted by atomic mass is 15.3. The molecule has 0 unspecified atom stereocenters. The van der Waals surface area contributed by atoms with E-state index in [1.807, 2.05) is 22.4 Å². The van der Waals surface area contributed by atoms with Gasteiger partial charge in [0, 0.05) is 18.8 Å². The topological polar surface area (TPSA) is 48.5 Å². The SMILES string of the molecule is Cn1cnc(-c2nncn2C(C)(C)C)c1. The van der Waals surface area contributed by atoms with E-state index in [1.54, 1.807) is 12.7 Å². The Bertz CT molecular complexity index is 460. The Labute approximate surface area is 88.8 Å². The Hall–Kier alpha value is -1.65. The van der Waals surface area contributed by atoms with Gasteiger partial charge in [-0.3, -0.25) is 0 Å². The molecule has 0 N–H and O–H groups in total. The molecule has 0 radical (unpaired) electrons. The minimum atomic E-state index is -0.0314. The third-order valence-electron chi connectivity index (χ3n) is 2.20. The second kappa shape index (κ2) is 3.18. The van der Waals surface area contributed by atoms with E-state index < -0.39 is 0 Å². The van der Waals surface area contributed by atoms with Gasteiger partial charge in [-0.15, -0.1) is 10.2 Å². The molecule has 0 aromatic carbocycles. The van der Waals surface area contributed by atoms with Crippen molar-refractivity contribution < 1.29 is 0 Å². The summed E-state index contributed by atoms with van der Waals surface area (Å²) in [5.41, 5.74) is 0.820. The molecule has 0 aliphatic carbocycles. The average molecular weight is 205 g/mol. The summed E-state index contributed by atoms with van der Waals surface area (Å²) in [7, 11) is 1.94. The Balaban J connectivity index is 2.50. The Morgan fingerprint density at radius 1 is 1.20 bits per heavy atom. The van der Waals surface area contributed by atoms with Gasteiger partial charge in [0.15, 0.2) is 5.82 Å². The zero-order valence-electron chi connectivity index (χ0n) is 9.47. The summed E-state index contributed by atoms with van der Waals surface area (Å²) in [5, 5.41) is 8.04. The molecule has 15 heavy (non-hydrogen) atoms. The highest BCUT2D eigenvalue weighted by Gasteiger charge is 2.19. The number of hydrogen-bond acceptors (Lipinski definition) is 3. The summed E-state index contributed by atoms with van der Waals surface area (Å²) in [5.74, 6) is 0.808. The predicted molar refractivity (Wildman–Crippen MR) is 57.2 cm³/mol. The molecular formula is C10H15N5. The maximum atomic E-state index is 4.27. The van der Waals surface area contributed by atoms with Crippen LogP contribution in [0.3, 0.4) is 0 Å². The Morgan fingerprint density at radius 3 is 2.47 bits per heavy atom. The fourth-order valence-electron chi connectivity index (χ4n) is 1.43. The van der Waals surface area contributed by atoms with E-state index in [0.29, 0.717) is 0 Å². The summed E-state index contributed by atoms with van der Waals surface area (Å²) in [4.78, 5) is 4.27. The van der Waals surface area contributed by atoms with Gasteiger partial charge in [0.25, 0.3) is 0 Å². The van der Waals surface area contributed by atoms with Crippen LogP contribution in [0.15, 0.2) is 18.9 Å². The van der Waals surface area contributed by atoms with Gasteiger partial charge in [0.1, 0.15) is 12.0 Å². The average Bonchev–Trinajstić information content (AvgIpc) is 2.68. The molecule has 2 aromatic rings. The normalized spacial score (nSPS) is 12.0. The van der Waals surface area contributed by atoms with Gasteiger partial charge < -0.3 is 9.13 Å². The van der Waals surface area contributed by atoms with Gasteiger partial charge in [0.2, 0.25) is 0 Å². The minimum Gasteiger partial charge on any atom is -0.340 e. The summed E-state index contributed by atoms with van der Waals surface area (Å²) >= 11 is 0. The monoisotopic (exact) mass is 205 g/mol. The molecule has 0 saturated heterocycles. The first-order chi connectivity index (χ1) is 6.98. The van der Waals surface area contributed by atoms with E-state index in [-0.39, 0.29) is 5.54 Å². The lowest BCUT2D eigenvalue weighted by Crippen LogP contribution is -2.21. The maximum absolute atomic E-state index is 4.27. The molecule has 80 valence electrons. The first kappa shape index (κ1) is 9.89. The number of rotatable bonds is 1. The van der Waals surface area contributed by atoms with Crippen LogP contribution < -0.4 is 0 Å². The van der Waals surface area contributed by atoms with Gasteiger partial charge in [-0.1, -0.05) is 0 Å². The summed E-state index contributed by atoms with van der Waals surface area (Å²) in [6, 6.07) is 0. The molecular weight excluding hydrogens is 190 g/mol. The van der Waals surface area contributed by atoms with E-state index in [2.05, 4.69) is 36.0 Å². The first-order valence-corrected chi connectivity index (χ1v) is 4.87. The molecule has 0 aliphatic rings. The van der Waals surface area contributed by atoms with Crippen LogP contribution in [-0.2, 0) is 12.6 Å². The van der Waals surface area contributed by atoms with Crippen molar-refractivity contribution in [2.24, 2.45) is 7.05 Å². The van der Waals surface area contributed by atoms with Crippen molar-refractivity contribution >= 4 is 0 Å². The molecule has 2 rings (SSSR count). The van der Waals surface area contributed by atoms with Crippen LogP contribution in [0.25, 0.3) is 11.5 Å². The van der Waals surface area contributed by atoms with Crippen molar-refractivity contribution in [3.63, 3.8) is 0 Å².